The van der Waals surface area contributed by atoms with Crippen molar-refractivity contribution in [1.82, 2.24) is 24.5 Å². The molecule has 2 atom stereocenters. The van der Waals surface area contributed by atoms with Gasteiger partial charge in [0.25, 0.3) is 11.8 Å². The zero-order valence-electron chi connectivity index (χ0n) is 14.0. The summed E-state index contributed by atoms with van der Waals surface area (Å²) in [5, 5.41) is 4.34. The molecule has 4 aliphatic rings. The summed E-state index contributed by atoms with van der Waals surface area (Å²) in [6.45, 7) is 2.80. The minimum atomic E-state index is -0.651. The highest BCUT2D eigenvalue weighted by molar-refractivity contribution is 5.99. The number of hydrogen-bond acceptors (Lipinski definition) is 5. The van der Waals surface area contributed by atoms with E-state index < -0.39 is 5.72 Å². The Morgan fingerprint density at radius 3 is 2.96 bits per heavy atom. The van der Waals surface area contributed by atoms with Crippen LogP contribution in [0.15, 0.2) is 6.07 Å². The van der Waals surface area contributed by atoms with Gasteiger partial charge in [-0.05, 0) is 0 Å². The van der Waals surface area contributed by atoms with Crippen LogP contribution >= 0.6 is 0 Å². The highest BCUT2D eigenvalue weighted by Gasteiger charge is 2.63. The molecule has 9 heteroatoms. The van der Waals surface area contributed by atoms with Crippen molar-refractivity contribution in [3.05, 3.63) is 17.5 Å². The van der Waals surface area contributed by atoms with Gasteiger partial charge in [0.05, 0.1) is 25.6 Å². The van der Waals surface area contributed by atoms with Crippen LogP contribution in [0.5, 0.6) is 0 Å². The highest BCUT2D eigenvalue weighted by atomic mass is 16.5. The number of carbonyl (C=O) groups is 3. The fraction of sp³-hybridized carbons (Fsp3) is 0.625. The summed E-state index contributed by atoms with van der Waals surface area (Å²) < 4.78 is 7.51. The van der Waals surface area contributed by atoms with Crippen molar-refractivity contribution in [3.8, 4) is 0 Å². The van der Waals surface area contributed by atoms with Crippen LogP contribution in [0.3, 0.4) is 0 Å². The van der Waals surface area contributed by atoms with Crippen LogP contribution in [-0.4, -0.2) is 87.3 Å². The molecular weight excluding hydrogens is 326 g/mol. The predicted molar refractivity (Wildman–Crippen MR) is 83.6 cm³/mol. The molecular formula is C16H19N5O4. The van der Waals surface area contributed by atoms with Crippen LogP contribution in [-0.2, 0) is 16.1 Å². The summed E-state index contributed by atoms with van der Waals surface area (Å²) in [5.41, 5.74) is 0.0501. The van der Waals surface area contributed by atoms with E-state index in [0.717, 1.165) is 0 Å². The Bertz CT molecular complexity index is 804. The van der Waals surface area contributed by atoms with Crippen LogP contribution in [0.2, 0.25) is 0 Å². The molecule has 132 valence electrons. The molecule has 1 spiro atoms. The third-order valence-electron chi connectivity index (χ3n) is 5.87. The lowest BCUT2D eigenvalue weighted by Crippen LogP contribution is -2.48. The molecule has 1 aromatic rings. The van der Waals surface area contributed by atoms with Gasteiger partial charge in [-0.3, -0.25) is 19.1 Å². The van der Waals surface area contributed by atoms with Crippen molar-refractivity contribution in [2.45, 2.75) is 31.2 Å². The minimum Gasteiger partial charge on any atom is -0.351 e. The fourth-order valence-electron chi connectivity index (χ4n) is 4.59. The Hall–Kier alpha value is -2.42. The number of amides is 3. The predicted octanol–water partition coefficient (Wildman–Crippen LogP) is -0.858. The second-order valence-electron chi connectivity index (χ2n) is 7.07. The third-order valence-corrected chi connectivity index (χ3v) is 5.87. The Balaban J connectivity index is 1.45. The SMILES string of the molecule is CN1CCn2nc(C(=O)N3CC[C@@]45OCCN4C(=O)C[C@@H]35)cc2C1=O. The molecule has 3 amide bonds. The number of carbonyl (C=O) groups excluding carboxylic acids is 3. The molecule has 0 unspecified atom stereocenters. The Morgan fingerprint density at radius 2 is 2.12 bits per heavy atom. The second-order valence-corrected chi connectivity index (χ2v) is 7.07. The van der Waals surface area contributed by atoms with Crippen LogP contribution in [0.25, 0.3) is 0 Å². The van der Waals surface area contributed by atoms with E-state index in [0.29, 0.717) is 51.3 Å². The lowest BCUT2D eigenvalue weighted by molar-refractivity contribution is -0.136. The van der Waals surface area contributed by atoms with Gasteiger partial charge in [-0.25, -0.2) is 0 Å². The minimum absolute atomic E-state index is 0.0425. The average Bonchev–Trinajstić information content (AvgIpc) is 3.32. The number of hydrogen-bond donors (Lipinski definition) is 0. The molecule has 0 radical (unpaired) electrons. The molecule has 1 aromatic heterocycles. The lowest BCUT2D eigenvalue weighted by atomic mass is 10.1. The highest BCUT2D eigenvalue weighted by Crippen LogP contribution is 2.45. The Labute approximate surface area is 144 Å². The zero-order valence-corrected chi connectivity index (χ0v) is 14.0. The molecule has 3 saturated heterocycles. The van der Waals surface area contributed by atoms with Gasteiger partial charge in [-0.15, -0.1) is 0 Å². The van der Waals surface area contributed by atoms with Crippen molar-refractivity contribution < 1.29 is 19.1 Å². The van der Waals surface area contributed by atoms with E-state index in [1.165, 1.54) is 0 Å². The number of fused-ring (bicyclic) bond motifs is 1. The summed E-state index contributed by atoms with van der Waals surface area (Å²) in [6, 6.07) is 1.29. The normalized spacial score (nSPS) is 30.8. The van der Waals surface area contributed by atoms with Crippen LogP contribution in [0, 0.1) is 0 Å². The van der Waals surface area contributed by atoms with E-state index >= 15 is 0 Å². The van der Waals surface area contributed by atoms with Crippen LogP contribution in [0.4, 0.5) is 0 Å². The average molecular weight is 345 g/mol. The van der Waals surface area contributed by atoms with Gasteiger partial charge in [-0.1, -0.05) is 0 Å². The molecule has 25 heavy (non-hydrogen) atoms. The first-order chi connectivity index (χ1) is 12.0. The van der Waals surface area contributed by atoms with E-state index in [9.17, 15) is 14.4 Å². The van der Waals surface area contributed by atoms with Gasteiger partial charge >= 0.3 is 0 Å². The maximum Gasteiger partial charge on any atom is 0.274 e. The van der Waals surface area contributed by atoms with Crippen LogP contribution in [0.1, 0.15) is 33.8 Å². The summed E-state index contributed by atoms with van der Waals surface area (Å²) in [6.07, 6.45) is 0.922. The first kappa shape index (κ1) is 14.9. The zero-order chi connectivity index (χ0) is 17.3. The molecule has 3 fully saturated rings. The molecule has 0 N–H and O–H groups in total. The Morgan fingerprint density at radius 1 is 1.28 bits per heavy atom. The van der Waals surface area contributed by atoms with Gasteiger partial charge in [0.2, 0.25) is 5.91 Å². The monoisotopic (exact) mass is 345 g/mol. The van der Waals surface area contributed by atoms with E-state index in [2.05, 4.69) is 5.10 Å². The number of nitrogens with zero attached hydrogens (tertiary/aromatic N) is 5. The summed E-state index contributed by atoms with van der Waals surface area (Å²) in [5.74, 6) is -0.317. The van der Waals surface area contributed by atoms with E-state index in [4.69, 9.17) is 4.74 Å². The van der Waals surface area contributed by atoms with Crippen molar-refractivity contribution in [2.24, 2.45) is 0 Å². The van der Waals surface area contributed by atoms with Crippen LogP contribution < -0.4 is 0 Å². The number of ether oxygens (including phenoxy) is 1. The van der Waals surface area contributed by atoms with Gasteiger partial charge < -0.3 is 19.4 Å². The molecule has 5 rings (SSSR count). The van der Waals surface area contributed by atoms with Crippen molar-refractivity contribution in [1.29, 1.82) is 0 Å². The Kier molecular flexibility index (Phi) is 2.87. The topological polar surface area (TPSA) is 88.0 Å². The molecule has 0 aliphatic carbocycles. The standard InChI is InChI=1S/C16H19N5O4/c1-18-4-5-21-11(15(18)24)8-10(17-21)14(23)19-3-2-16-12(19)9-13(22)20(16)6-7-25-16/h8,12H,2-7,9H2,1H3/t12-,16+/m1/s1. The number of rotatable bonds is 1. The lowest BCUT2D eigenvalue weighted by Gasteiger charge is -2.31. The number of aromatic nitrogens is 2. The molecule has 0 bridgehead atoms. The first-order valence-electron chi connectivity index (χ1n) is 8.60. The largest absolute Gasteiger partial charge is 0.351 e. The van der Waals surface area contributed by atoms with E-state index in [1.807, 2.05) is 0 Å². The van der Waals surface area contributed by atoms with Gasteiger partial charge in [-0.2, -0.15) is 5.10 Å². The summed E-state index contributed by atoms with van der Waals surface area (Å²) >= 11 is 0. The summed E-state index contributed by atoms with van der Waals surface area (Å²) in [4.78, 5) is 42.6. The quantitative estimate of drug-likeness (QED) is 0.661. The molecule has 4 aliphatic heterocycles. The second kappa shape index (κ2) is 4.81. The molecule has 0 saturated carbocycles. The maximum atomic E-state index is 13.0. The van der Waals surface area contributed by atoms with E-state index in [1.54, 1.807) is 32.5 Å². The number of likely N-dealkylation sites (N-methyl/N-ethyl adjacent to an activating group) is 1. The van der Waals surface area contributed by atoms with Crippen molar-refractivity contribution in [2.75, 3.05) is 33.3 Å². The van der Waals surface area contributed by atoms with Crippen molar-refractivity contribution >= 4 is 17.7 Å². The summed E-state index contributed by atoms with van der Waals surface area (Å²) in [7, 11) is 1.74. The molecule has 9 nitrogen and oxygen atoms in total. The molecule has 0 aromatic carbocycles. The smallest absolute Gasteiger partial charge is 0.274 e. The third kappa shape index (κ3) is 1.81. The van der Waals surface area contributed by atoms with Gasteiger partial charge in [0, 0.05) is 39.2 Å². The molecule has 5 heterocycles. The maximum absolute atomic E-state index is 13.0. The van der Waals surface area contributed by atoms with Crippen molar-refractivity contribution in [3.63, 3.8) is 0 Å². The fourth-order valence-corrected chi connectivity index (χ4v) is 4.59. The van der Waals surface area contributed by atoms with Gasteiger partial charge in [0.15, 0.2) is 11.4 Å². The number of likely N-dealkylation sites (tertiary alicyclic amines) is 1. The van der Waals surface area contributed by atoms with E-state index in [-0.39, 0.29) is 29.5 Å². The first-order valence-corrected chi connectivity index (χ1v) is 8.60. The van der Waals surface area contributed by atoms with Gasteiger partial charge in [0.1, 0.15) is 5.69 Å².